The van der Waals surface area contributed by atoms with Gasteiger partial charge in [-0.25, -0.2) is 4.98 Å². The maximum Gasteiger partial charge on any atom is 0.125 e. The van der Waals surface area contributed by atoms with Crippen LogP contribution in [-0.4, -0.2) is 16.1 Å². The molecule has 2 rings (SSSR count). The van der Waals surface area contributed by atoms with Gasteiger partial charge in [0.25, 0.3) is 0 Å². The van der Waals surface area contributed by atoms with Crippen molar-refractivity contribution in [2.24, 2.45) is 5.92 Å². The number of hydrogen-bond donors (Lipinski definition) is 1. The first kappa shape index (κ1) is 14.6. The minimum Gasteiger partial charge on any atom is -0.334 e. The van der Waals surface area contributed by atoms with E-state index in [1.807, 2.05) is 6.20 Å². The summed E-state index contributed by atoms with van der Waals surface area (Å²) in [4.78, 5) is 4.59. The number of imidazole rings is 1. The lowest BCUT2D eigenvalue weighted by atomic mass is 9.98. The number of rotatable bonds is 8. The molecule has 0 aromatic carbocycles. The van der Waals surface area contributed by atoms with E-state index in [4.69, 9.17) is 0 Å². The highest BCUT2D eigenvalue weighted by Gasteiger charge is 2.20. The Labute approximate surface area is 117 Å². The number of aryl methyl sites for hydroxylation is 1. The summed E-state index contributed by atoms with van der Waals surface area (Å²) in [5.41, 5.74) is 0. The molecule has 0 spiro atoms. The SMILES string of the molecule is CCCNC(CCC1CCCC1)c1nccn1CC. The summed E-state index contributed by atoms with van der Waals surface area (Å²) < 4.78 is 2.28. The van der Waals surface area contributed by atoms with E-state index < -0.39 is 0 Å². The average molecular weight is 263 g/mol. The summed E-state index contributed by atoms with van der Waals surface area (Å²) >= 11 is 0. The van der Waals surface area contributed by atoms with Gasteiger partial charge < -0.3 is 9.88 Å². The van der Waals surface area contributed by atoms with E-state index in [0.29, 0.717) is 6.04 Å². The van der Waals surface area contributed by atoms with Crippen LogP contribution in [0.2, 0.25) is 0 Å². The summed E-state index contributed by atoms with van der Waals surface area (Å²) in [5.74, 6) is 2.20. The van der Waals surface area contributed by atoms with Crippen molar-refractivity contribution in [3.63, 3.8) is 0 Å². The van der Waals surface area contributed by atoms with Crippen molar-refractivity contribution in [1.29, 1.82) is 0 Å². The van der Waals surface area contributed by atoms with Crippen LogP contribution in [0.25, 0.3) is 0 Å². The van der Waals surface area contributed by atoms with Gasteiger partial charge >= 0.3 is 0 Å². The zero-order valence-corrected chi connectivity index (χ0v) is 12.6. The van der Waals surface area contributed by atoms with Crippen molar-refractivity contribution in [3.8, 4) is 0 Å². The lowest BCUT2D eigenvalue weighted by Gasteiger charge is -2.20. The number of hydrogen-bond acceptors (Lipinski definition) is 2. The molecule has 1 fully saturated rings. The lowest BCUT2D eigenvalue weighted by Crippen LogP contribution is -2.25. The molecule has 1 atom stereocenters. The Bertz CT molecular complexity index is 353. The number of nitrogens with zero attached hydrogens (tertiary/aromatic N) is 2. The van der Waals surface area contributed by atoms with Crippen molar-refractivity contribution in [2.75, 3.05) is 6.54 Å². The smallest absolute Gasteiger partial charge is 0.125 e. The van der Waals surface area contributed by atoms with E-state index >= 15 is 0 Å². The van der Waals surface area contributed by atoms with Crippen LogP contribution in [0.3, 0.4) is 0 Å². The van der Waals surface area contributed by atoms with E-state index in [1.165, 1.54) is 50.8 Å². The van der Waals surface area contributed by atoms with Crippen LogP contribution in [0.15, 0.2) is 12.4 Å². The molecule has 0 bridgehead atoms. The van der Waals surface area contributed by atoms with Gasteiger partial charge in [-0.05, 0) is 38.6 Å². The van der Waals surface area contributed by atoms with Gasteiger partial charge in [0.1, 0.15) is 5.82 Å². The van der Waals surface area contributed by atoms with Crippen LogP contribution in [0.5, 0.6) is 0 Å². The molecule has 0 radical (unpaired) electrons. The highest BCUT2D eigenvalue weighted by molar-refractivity contribution is 4.99. The van der Waals surface area contributed by atoms with Crippen molar-refractivity contribution in [1.82, 2.24) is 14.9 Å². The molecule has 1 N–H and O–H groups in total. The molecule has 19 heavy (non-hydrogen) atoms. The van der Waals surface area contributed by atoms with Gasteiger partial charge in [-0.15, -0.1) is 0 Å². The van der Waals surface area contributed by atoms with Crippen molar-refractivity contribution in [3.05, 3.63) is 18.2 Å². The fourth-order valence-electron chi connectivity index (χ4n) is 3.24. The fraction of sp³-hybridized carbons (Fsp3) is 0.812. The third-order valence-electron chi connectivity index (χ3n) is 4.38. The van der Waals surface area contributed by atoms with E-state index in [2.05, 4.69) is 34.9 Å². The van der Waals surface area contributed by atoms with Crippen LogP contribution in [0.4, 0.5) is 0 Å². The second-order valence-corrected chi connectivity index (χ2v) is 5.81. The van der Waals surface area contributed by atoms with Crippen LogP contribution < -0.4 is 5.32 Å². The lowest BCUT2D eigenvalue weighted by molar-refractivity contribution is 0.392. The highest BCUT2D eigenvalue weighted by atomic mass is 15.1. The third-order valence-corrected chi connectivity index (χ3v) is 4.38. The second kappa shape index (κ2) is 7.68. The van der Waals surface area contributed by atoms with Gasteiger partial charge in [0.05, 0.1) is 6.04 Å². The maximum absolute atomic E-state index is 4.59. The minimum absolute atomic E-state index is 0.440. The van der Waals surface area contributed by atoms with E-state index in [-0.39, 0.29) is 0 Å². The monoisotopic (exact) mass is 263 g/mol. The Hall–Kier alpha value is -0.830. The summed E-state index contributed by atoms with van der Waals surface area (Å²) in [6.45, 7) is 6.53. The van der Waals surface area contributed by atoms with Gasteiger partial charge in [0, 0.05) is 18.9 Å². The Morgan fingerprint density at radius 1 is 1.37 bits per heavy atom. The molecule has 0 aliphatic heterocycles. The average Bonchev–Trinajstić information content (AvgIpc) is 3.09. The Morgan fingerprint density at radius 2 is 2.16 bits per heavy atom. The maximum atomic E-state index is 4.59. The second-order valence-electron chi connectivity index (χ2n) is 5.81. The first-order valence-corrected chi connectivity index (χ1v) is 8.09. The van der Waals surface area contributed by atoms with Gasteiger partial charge in [0.15, 0.2) is 0 Å². The quantitative estimate of drug-likeness (QED) is 0.770. The van der Waals surface area contributed by atoms with Crippen molar-refractivity contribution < 1.29 is 0 Å². The zero-order chi connectivity index (χ0) is 13.5. The fourth-order valence-corrected chi connectivity index (χ4v) is 3.24. The molecular weight excluding hydrogens is 234 g/mol. The summed E-state index contributed by atoms with van der Waals surface area (Å²) in [6.07, 6.45) is 13.6. The highest BCUT2D eigenvalue weighted by Crippen LogP contribution is 2.31. The summed E-state index contributed by atoms with van der Waals surface area (Å²) in [7, 11) is 0. The molecular formula is C16H29N3. The number of aromatic nitrogens is 2. The first-order chi connectivity index (χ1) is 9.35. The molecule has 3 heteroatoms. The molecule has 1 aliphatic carbocycles. The van der Waals surface area contributed by atoms with Crippen LogP contribution in [0, 0.1) is 5.92 Å². The number of nitrogens with one attached hydrogen (secondary N) is 1. The molecule has 3 nitrogen and oxygen atoms in total. The topological polar surface area (TPSA) is 29.9 Å². The van der Waals surface area contributed by atoms with E-state index in [9.17, 15) is 0 Å². The van der Waals surface area contributed by atoms with Gasteiger partial charge in [-0.2, -0.15) is 0 Å². The molecule has 1 saturated carbocycles. The molecule has 1 unspecified atom stereocenters. The predicted molar refractivity (Wildman–Crippen MR) is 80.1 cm³/mol. The van der Waals surface area contributed by atoms with E-state index in [1.54, 1.807) is 0 Å². The Kier molecular flexibility index (Phi) is 5.90. The van der Waals surface area contributed by atoms with Crippen LogP contribution >= 0.6 is 0 Å². The van der Waals surface area contributed by atoms with E-state index in [0.717, 1.165) is 19.0 Å². The Morgan fingerprint density at radius 3 is 2.84 bits per heavy atom. The molecule has 0 saturated heterocycles. The van der Waals surface area contributed by atoms with Gasteiger partial charge in [-0.3, -0.25) is 0 Å². The zero-order valence-electron chi connectivity index (χ0n) is 12.6. The van der Waals surface area contributed by atoms with Crippen molar-refractivity contribution in [2.45, 2.75) is 71.4 Å². The molecule has 0 amide bonds. The molecule has 1 aromatic rings. The molecule has 1 aromatic heterocycles. The summed E-state index contributed by atoms with van der Waals surface area (Å²) in [6, 6.07) is 0.440. The molecule has 1 heterocycles. The standard InChI is InChI=1S/C16H29N3/c1-3-11-17-15(10-9-14-7-5-6-8-14)16-18-12-13-19(16)4-2/h12-15,17H,3-11H2,1-2H3. The first-order valence-electron chi connectivity index (χ1n) is 8.09. The largest absolute Gasteiger partial charge is 0.334 e. The molecule has 108 valence electrons. The predicted octanol–water partition coefficient (Wildman–Crippen LogP) is 3.91. The molecule has 1 aliphatic rings. The third kappa shape index (κ3) is 4.07. The van der Waals surface area contributed by atoms with Crippen LogP contribution in [-0.2, 0) is 6.54 Å². The van der Waals surface area contributed by atoms with Crippen LogP contribution in [0.1, 0.15) is 70.7 Å². The summed E-state index contributed by atoms with van der Waals surface area (Å²) in [5, 5.41) is 3.69. The normalized spacial score (nSPS) is 18.0. The van der Waals surface area contributed by atoms with Crippen molar-refractivity contribution >= 4 is 0 Å². The van der Waals surface area contributed by atoms with Gasteiger partial charge in [0.2, 0.25) is 0 Å². The van der Waals surface area contributed by atoms with Gasteiger partial charge in [-0.1, -0.05) is 32.6 Å². The Balaban J connectivity index is 1.94. The minimum atomic E-state index is 0.440.